The number of imide groups is 1. The van der Waals surface area contributed by atoms with Gasteiger partial charge in [0.1, 0.15) is 5.75 Å². The molecule has 2 aliphatic heterocycles. The molecule has 2 saturated heterocycles. The average Bonchev–Trinajstić information content (AvgIpc) is 3.33. The van der Waals surface area contributed by atoms with Gasteiger partial charge < -0.3 is 9.64 Å². The summed E-state index contributed by atoms with van der Waals surface area (Å²) < 4.78 is 5.52. The van der Waals surface area contributed by atoms with E-state index < -0.39 is 11.9 Å². The van der Waals surface area contributed by atoms with Crippen LogP contribution in [-0.4, -0.2) is 30.2 Å². The lowest BCUT2D eigenvalue weighted by Gasteiger charge is -2.19. The first-order valence-corrected chi connectivity index (χ1v) is 12.0. The second kappa shape index (κ2) is 8.96. The van der Waals surface area contributed by atoms with Gasteiger partial charge in [0.25, 0.3) is 0 Å². The predicted molar refractivity (Wildman–Crippen MR) is 131 cm³/mol. The lowest BCUT2D eigenvalue weighted by molar-refractivity contribution is -0.139. The summed E-state index contributed by atoms with van der Waals surface area (Å²) in [5.41, 5.74) is 3.06. The molecule has 7 nitrogen and oxygen atoms in total. The first-order valence-electron chi connectivity index (χ1n) is 11.6. The van der Waals surface area contributed by atoms with Crippen molar-refractivity contribution in [3.05, 3.63) is 64.7 Å². The van der Waals surface area contributed by atoms with E-state index in [0.717, 1.165) is 11.1 Å². The quantitative estimate of drug-likeness (QED) is 0.272. The number of carbonyl (C=O) groups is 4. The molecular formula is C27H25ClN2O5. The normalized spacial score (nSPS) is 24.0. The van der Waals surface area contributed by atoms with Crippen molar-refractivity contribution >= 4 is 46.7 Å². The first-order chi connectivity index (χ1) is 16.7. The number of halogens is 1. The van der Waals surface area contributed by atoms with Gasteiger partial charge in [-0.3, -0.25) is 24.1 Å². The van der Waals surface area contributed by atoms with Gasteiger partial charge in [0.15, 0.2) is 0 Å². The largest absolute Gasteiger partial charge is 0.426 e. The number of esters is 1. The second-order valence-electron chi connectivity index (χ2n) is 9.42. The molecule has 180 valence electrons. The Kier molecular flexibility index (Phi) is 5.97. The number of anilines is 2. The van der Waals surface area contributed by atoms with Gasteiger partial charge in [-0.05, 0) is 68.7 Å². The Balaban J connectivity index is 1.25. The zero-order valence-electron chi connectivity index (χ0n) is 19.5. The van der Waals surface area contributed by atoms with E-state index >= 15 is 0 Å². The Hall–Kier alpha value is -3.45. The van der Waals surface area contributed by atoms with Crippen LogP contribution in [0.1, 0.15) is 31.7 Å². The molecule has 0 unspecified atom stereocenters. The zero-order valence-corrected chi connectivity index (χ0v) is 20.2. The van der Waals surface area contributed by atoms with Gasteiger partial charge in [-0.15, -0.1) is 0 Å². The van der Waals surface area contributed by atoms with Gasteiger partial charge in [-0.1, -0.05) is 29.3 Å². The standard InChI is InChI=1S/C27H25ClN2O5/c1-15-6-11-20-21(12-15)26(33)30(25(20)32)18-7-9-19(10-8-18)35-27(34)17-13-24(31)29(14-17)23-5-3-4-22(28)16(23)2/h3-10,17,20-21H,11-14H2,1-2H3/t17-,20-,21-/m0/s1. The summed E-state index contributed by atoms with van der Waals surface area (Å²) in [5, 5.41) is 0.557. The van der Waals surface area contributed by atoms with E-state index in [2.05, 4.69) is 0 Å². The van der Waals surface area contributed by atoms with E-state index in [9.17, 15) is 19.2 Å². The average molecular weight is 493 g/mol. The number of carbonyl (C=O) groups excluding carboxylic acids is 4. The highest BCUT2D eigenvalue weighted by atomic mass is 35.5. The molecule has 0 spiro atoms. The molecule has 3 atom stereocenters. The third kappa shape index (κ3) is 4.14. The molecule has 3 aliphatic rings. The Morgan fingerprint density at radius 2 is 1.69 bits per heavy atom. The van der Waals surface area contributed by atoms with Gasteiger partial charge >= 0.3 is 5.97 Å². The highest BCUT2D eigenvalue weighted by molar-refractivity contribution is 6.31. The molecule has 2 fully saturated rings. The fraction of sp³-hybridized carbons (Fsp3) is 0.333. The number of hydrogen-bond acceptors (Lipinski definition) is 5. The summed E-state index contributed by atoms with van der Waals surface area (Å²) in [4.78, 5) is 53.9. The van der Waals surface area contributed by atoms with Crippen LogP contribution >= 0.6 is 11.6 Å². The molecule has 2 aromatic rings. The lowest BCUT2D eigenvalue weighted by atomic mass is 9.82. The summed E-state index contributed by atoms with van der Waals surface area (Å²) in [7, 11) is 0. The molecule has 0 N–H and O–H groups in total. The monoisotopic (exact) mass is 492 g/mol. The SMILES string of the molecule is CC1=CC[C@@H]2C(=O)N(c3ccc(OC(=O)[C@H]4CC(=O)N(c5cccc(Cl)c5C)C4)cc3)C(=O)[C@H]2C1. The molecule has 0 aromatic heterocycles. The van der Waals surface area contributed by atoms with Crippen LogP contribution in [-0.2, 0) is 19.2 Å². The summed E-state index contributed by atoms with van der Waals surface area (Å²) in [6.45, 7) is 4.03. The fourth-order valence-corrected chi connectivity index (χ4v) is 5.31. The third-order valence-electron chi connectivity index (χ3n) is 7.12. The van der Waals surface area contributed by atoms with Crippen LogP contribution in [0.5, 0.6) is 5.75 Å². The van der Waals surface area contributed by atoms with Crippen LogP contribution in [0.25, 0.3) is 0 Å². The number of allylic oxidation sites excluding steroid dienone is 2. The molecule has 0 saturated carbocycles. The molecule has 8 heteroatoms. The van der Waals surface area contributed by atoms with Crippen LogP contribution in [0.3, 0.4) is 0 Å². The summed E-state index contributed by atoms with van der Waals surface area (Å²) in [5.74, 6) is -1.98. The summed E-state index contributed by atoms with van der Waals surface area (Å²) in [6, 6.07) is 11.7. The molecule has 3 amide bonds. The Bertz CT molecular complexity index is 1270. The number of fused-ring (bicyclic) bond motifs is 1. The van der Waals surface area contributed by atoms with E-state index in [1.807, 2.05) is 19.9 Å². The number of amides is 3. The van der Waals surface area contributed by atoms with Crippen molar-refractivity contribution in [2.45, 2.75) is 33.1 Å². The van der Waals surface area contributed by atoms with Crippen molar-refractivity contribution in [2.24, 2.45) is 17.8 Å². The van der Waals surface area contributed by atoms with Crippen molar-refractivity contribution < 1.29 is 23.9 Å². The van der Waals surface area contributed by atoms with Crippen LogP contribution in [0.4, 0.5) is 11.4 Å². The third-order valence-corrected chi connectivity index (χ3v) is 7.53. The van der Waals surface area contributed by atoms with Gasteiger partial charge in [0.05, 0.1) is 23.4 Å². The minimum atomic E-state index is -0.610. The number of hydrogen-bond donors (Lipinski definition) is 0. The van der Waals surface area contributed by atoms with Gasteiger partial charge in [0, 0.05) is 23.7 Å². The number of nitrogens with zero attached hydrogens (tertiary/aromatic N) is 2. The van der Waals surface area contributed by atoms with Crippen molar-refractivity contribution in [3.8, 4) is 5.75 Å². The van der Waals surface area contributed by atoms with Crippen LogP contribution in [0.2, 0.25) is 5.02 Å². The van der Waals surface area contributed by atoms with Gasteiger partial charge in [-0.2, -0.15) is 0 Å². The minimum Gasteiger partial charge on any atom is -0.426 e. The molecular weight excluding hydrogens is 468 g/mol. The van der Waals surface area contributed by atoms with Crippen LogP contribution < -0.4 is 14.5 Å². The van der Waals surface area contributed by atoms with Crippen molar-refractivity contribution in [1.29, 1.82) is 0 Å². The Morgan fingerprint density at radius 3 is 2.43 bits per heavy atom. The molecule has 1 aliphatic carbocycles. The summed E-state index contributed by atoms with van der Waals surface area (Å²) in [6.07, 6.45) is 3.27. The van der Waals surface area contributed by atoms with E-state index in [1.54, 1.807) is 47.4 Å². The number of benzene rings is 2. The molecule has 5 rings (SSSR count). The van der Waals surface area contributed by atoms with Gasteiger partial charge in [-0.25, -0.2) is 0 Å². The maximum absolute atomic E-state index is 12.9. The minimum absolute atomic E-state index is 0.0515. The topological polar surface area (TPSA) is 84.0 Å². The van der Waals surface area contributed by atoms with Crippen LogP contribution in [0, 0.1) is 24.7 Å². The van der Waals surface area contributed by atoms with Gasteiger partial charge in [0.2, 0.25) is 17.7 Å². The smallest absolute Gasteiger partial charge is 0.316 e. The Labute approximate surface area is 208 Å². The van der Waals surface area contributed by atoms with E-state index in [1.165, 1.54) is 4.90 Å². The fourth-order valence-electron chi connectivity index (χ4n) is 5.14. The number of rotatable bonds is 4. The van der Waals surface area contributed by atoms with Crippen molar-refractivity contribution in [2.75, 3.05) is 16.3 Å². The lowest BCUT2D eigenvalue weighted by Crippen LogP contribution is -2.30. The highest BCUT2D eigenvalue weighted by Crippen LogP contribution is 2.40. The molecule has 0 bridgehead atoms. The summed E-state index contributed by atoms with van der Waals surface area (Å²) >= 11 is 6.19. The second-order valence-corrected chi connectivity index (χ2v) is 9.83. The van der Waals surface area contributed by atoms with Crippen LogP contribution in [0.15, 0.2) is 54.1 Å². The predicted octanol–water partition coefficient (Wildman–Crippen LogP) is 4.45. The molecule has 2 heterocycles. The maximum Gasteiger partial charge on any atom is 0.316 e. The molecule has 2 aromatic carbocycles. The molecule has 0 radical (unpaired) electrons. The first kappa shape index (κ1) is 23.3. The van der Waals surface area contributed by atoms with E-state index in [0.29, 0.717) is 29.2 Å². The Morgan fingerprint density at radius 1 is 0.971 bits per heavy atom. The molecule has 35 heavy (non-hydrogen) atoms. The number of ether oxygens (including phenoxy) is 1. The maximum atomic E-state index is 12.9. The van der Waals surface area contributed by atoms with Crippen molar-refractivity contribution in [1.82, 2.24) is 0 Å². The highest BCUT2D eigenvalue weighted by Gasteiger charge is 2.48. The van der Waals surface area contributed by atoms with Crippen molar-refractivity contribution in [3.63, 3.8) is 0 Å². The zero-order chi connectivity index (χ0) is 24.9. The van der Waals surface area contributed by atoms with E-state index in [-0.39, 0.29) is 48.3 Å². The van der Waals surface area contributed by atoms with E-state index in [4.69, 9.17) is 16.3 Å².